The van der Waals surface area contributed by atoms with Crippen LogP contribution in [0.25, 0.3) is 6.08 Å². The molecule has 0 amide bonds. The highest BCUT2D eigenvalue weighted by atomic mass is 31.2. The average molecular weight is 262 g/mol. The van der Waals surface area contributed by atoms with Gasteiger partial charge in [0.25, 0.3) is 0 Å². The lowest BCUT2D eigenvalue weighted by atomic mass is 10.2. The molecule has 96 valence electrons. The quantitative estimate of drug-likeness (QED) is 0.819. The lowest BCUT2D eigenvalue weighted by Gasteiger charge is -2.27. The Labute approximate surface area is 109 Å². The molecule has 0 radical (unpaired) electrons. The standard InChI is InChI=1S/C14H19N2OP/c1-12(8-9-14-6-4-3-5-7-14)15-18(17)11-10-13(2)16-18/h3-13H,1-2H3,(H2,15,16,17)/b9-8+/t12-,13-,18?/m0/s1. The summed E-state index contributed by atoms with van der Waals surface area (Å²) in [5, 5.41) is 6.19. The van der Waals surface area contributed by atoms with Crippen LogP contribution in [0.5, 0.6) is 0 Å². The maximum absolute atomic E-state index is 12.3. The molecular formula is C14H19N2OP. The third-order valence-corrected chi connectivity index (χ3v) is 4.93. The highest BCUT2D eigenvalue weighted by Gasteiger charge is 2.30. The molecule has 1 unspecified atom stereocenters. The first-order valence-electron chi connectivity index (χ1n) is 6.15. The summed E-state index contributed by atoms with van der Waals surface area (Å²) in [6.45, 7) is 3.99. The van der Waals surface area contributed by atoms with Crippen LogP contribution in [-0.4, -0.2) is 12.1 Å². The molecule has 0 saturated carbocycles. The van der Waals surface area contributed by atoms with Crippen molar-refractivity contribution in [2.75, 3.05) is 0 Å². The smallest absolute Gasteiger partial charge is 0.128 e. The monoisotopic (exact) mass is 262 g/mol. The largest absolute Gasteiger partial charge is 0.647 e. The van der Waals surface area contributed by atoms with E-state index < -0.39 is 7.79 Å². The van der Waals surface area contributed by atoms with E-state index >= 15 is 0 Å². The Bertz CT molecular complexity index is 446. The fraction of sp³-hybridized carbons (Fsp3) is 0.286. The van der Waals surface area contributed by atoms with Gasteiger partial charge in [0, 0.05) is 0 Å². The molecular weight excluding hydrogens is 243 g/mol. The Balaban J connectivity index is 1.91. The van der Waals surface area contributed by atoms with Gasteiger partial charge in [-0.05, 0) is 25.5 Å². The zero-order valence-electron chi connectivity index (χ0n) is 10.7. The highest BCUT2D eigenvalue weighted by molar-refractivity contribution is 7.68. The maximum atomic E-state index is 12.3. The molecule has 4 heteroatoms. The van der Waals surface area contributed by atoms with Crippen LogP contribution in [0.4, 0.5) is 0 Å². The Morgan fingerprint density at radius 2 is 2.11 bits per heavy atom. The molecule has 0 aromatic heterocycles. The fourth-order valence-corrected chi connectivity index (χ4v) is 4.01. The summed E-state index contributed by atoms with van der Waals surface area (Å²) in [6, 6.07) is 10.3. The van der Waals surface area contributed by atoms with Crippen LogP contribution in [0, 0.1) is 0 Å². The Morgan fingerprint density at radius 3 is 2.72 bits per heavy atom. The van der Waals surface area contributed by atoms with Gasteiger partial charge in [-0.25, -0.2) is 0 Å². The molecule has 1 aromatic rings. The number of hydrogen-bond donors (Lipinski definition) is 2. The van der Waals surface area contributed by atoms with Gasteiger partial charge in [0.1, 0.15) is 7.79 Å². The average Bonchev–Trinajstić information content (AvgIpc) is 2.68. The van der Waals surface area contributed by atoms with Crippen LogP contribution in [0.2, 0.25) is 0 Å². The second kappa shape index (κ2) is 5.77. The zero-order chi connectivity index (χ0) is 13.0. The topological polar surface area (TPSA) is 47.1 Å². The zero-order valence-corrected chi connectivity index (χ0v) is 11.6. The lowest BCUT2D eigenvalue weighted by Crippen LogP contribution is -2.38. The molecule has 0 aliphatic carbocycles. The van der Waals surface area contributed by atoms with Crippen molar-refractivity contribution in [1.29, 1.82) is 0 Å². The number of hydrogen-bond acceptors (Lipinski definition) is 3. The highest BCUT2D eigenvalue weighted by Crippen LogP contribution is 2.47. The van der Waals surface area contributed by atoms with Crippen molar-refractivity contribution in [3.63, 3.8) is 0 Å². The van der Waals surface area contributed by atoms with Crippen LogP contribution in [0.3, 0.4) is 0 Å². The van der Waals surface area contributed by atoms with Gasteiger partial charge < -0.3 is 4.89 Å². The minimum absolute atomic E-state index is 0.0542. The summed E-state index contributed by atoms with van der Waals surface area (Å²) < 4.78 is 0. The van der Waals surface area contributed by atoms with Gasteiger partial charge in [0.15, 0.2) is 0 Å². The van der Waals surface area contributed by atoms with Gasteiger partial charge in [-0.1, -0.05) is 42.5 Å². The maximum Gasteiger partial charge on any atom is 0.128 e. The SMILES string of the molecule is C[C@H]1C=C[P+]([O-])(N[C@@H](C)/C=C/c2ccccc2)N1. The third kappa shape index (κ3) is 3.76. The number of nitrogens with one attached hydrogen (secondary N) is 2. The van der Waals surface area contributed by atoms with Crippen molar-refractivity contribution >= 4 is 13.9 Å². The van der Waals surface area contributed by atoms with Gasteiger partial charge >= 0.3 is 0 Å². The Kier molecular flexibility index (Phi) is 4.31. The van der Waals surface area contributed by atoms with Gasteiger partial charge in [0.2, 0.25) is 0 Å². The molecule has 1 aromatic carbocycles. The Morgan fingerprint density at radius 1 is 1.39 bits per heavy atom. The third-order valence-electron chi connectivity index (χ3n) is 2.75. The summed E-state index contributed by atoms with van der Waals surface area (Å²) in [5.74, 6) is 1.75. The number of rotatable bonds is 4. The van der Waals surface area contributed by atoms with Crippen LogP contribution in [0.15, 0.2) is 48.3 Å². The van der Waals surface area contributed by atoms with E-state index in [-0.39, 0.29) is 12.1 Å². The van der Waals surface area contributed by atoms with E-state index in [9.17, 15) is 4.89 Å². The lowest BCUT2D eigenvalue weighted by molar-refractivity contribution is -0.173. The van der Waals surface area contributed by atoms with Crippen molar-refractivity contribution in [1.82, 2.24) is 10.2 Å². The molecule has 3 atom stereocenters. The molecule has 2 N–H and O–H groups in total. The van der Waals surface area contributed by atoms with Gasteiger partial charge in [-0.3, -0.25) is 0 Å². The van der Waals surface area contributed by atoms with Gasteiger partial charge in [-0.2, -0.15) is 10.2 Å². The van der Waals surface area contributed by atoms with E-state index in [1.807, 2.05) is 62.4 Å². The van der Waals surface area contributed by atoms with Crippen molar-refractivity contribution in [2.24, 2.45) is 0 Å². The van der Waals surface area contributed by atoms with Crippen LogP contribution in [0.1, 0.15) is 19.4 Å². The Hall–Kier alpha value is -0.990. The normalized spacial score (nSPS) is 28.9. The van der Waals surface area contributed by atoms with E-state index in [0.717, 1.165) is 5.56 Å². The first-order valence-corrected chi connectivity index (χ1v) is 7.93. The predicted octanol–water partition coefficient (Wildman–Crippen LogP) is 2.31. The van der Waals surface area contributed by atoms with Gasteiger partial charge in [-0.15, -0.1) is 0 Å². The molecule has 1 aliphatic heterocycles. The van der Waals surface area contributed by atoms with E-state index in [1.54, 1.807) is 5.82 Å². The van der Waals surface area contributed by atoms with Crippen LogP contribution >= 0.6 is 7.79 Å². The minimum Gasteiger partial charge on any atom is -0.647 e. The minimum atomic E-state index is -2.54. The number of benzene rings is 1. The molecule has 0 spiro atoms. The second-order valence-corrected chi connectivity index (χ2v) is 6.74. The second-order valence-electron chi connectivity index (χ2n) is 4.60. The van der Waals surface area contributed by atoms with E-state index in [1.165, 1.54) is 0 Å². The van der Waals surface area contributed by atoms with E-state index in [4.69, 9.17) is 0 Å². The molecule has 1 heterocycles. The molecule has 0 bridgehead atoms. The summed E-state index contributed by atoms with van der Waals surface area (Å²) in [6.07, 6.45) is 5.99. The summed E-state index contributed by atoms with van der Waals surface area (Å²) in [4.78, 5) is 12.3. The first-order chi connectivity index (χ1) is 8.57. The summed E-state index contributed by atoms with van der Waals surface area (Å²) in [7, 11) is -2.54. The van der Waals surface area contributed by atoms with Crippen molar-refractivity contribution < 1.29 is 4.89 Å². The van der Waals surface area contributed by atoms with E-state index in [0.29, 0.717) is 0 Å². The molecule has 18 heavy (non-hydrogen) atoms. The fourth-order valence-electron chi connectivity index (χ4n) is 1.88. The van der Waals surface area contributed by atoms with Gasteiger partial charge in [0.05, 0.1) is 17.9 Å². The molecule has 0 saturated heterocycles. The van der Waals surface area contributed by atoms with E-state index in [2.05, 4.69) is 10.2 Å². The van der Waals surface area contributed by atoms with Crippen LogP contribution in [-0.2, 0) is 0 Å². The molecule has 3 nitrogen and oxygen atoms in total. The summed E-state index contributed by atoms with van der Waals surface area (Å²) in [5.41, 5.74) is 1.15. The molecule has 0 fully saturated rings. The molecule has 2 rings (SSSR count). The van der Waals surface area contributed by atoms with Crippen molar-refractivity contribution in [3.05, 3.63) is 53.9 Å². The van der Waals surface area contributed by atoms with Crippen molar-refractivity contribution in [3.8, 4) is 0 Å². The van der Waals surface area contributed by atoms with Crippen LogP contribution < -0.4 is 15.1 Å². The summed E-state index contributed by atoms with van der Waals surface area (Å²) >= 11 is 0. The first kappa shape index (κ1) is 13.4. The predicted molar refractivity (Wildman–Crippen MR) is 76.7 cm³/mol. The molecule has 1 aliphatic rings. The van der Waals surface area contributed by atoms with Crippen molar-refractivity contribution in [2.45, 2.75) is 25.9 Å².